The van der Waals surface area contributed by atoms with Crippen LogP contribution in [0.1, 0.15) is 33.9 Å². The van der Waals surface area contributed by atoms with Gasteiger partial charge < -0.3 is 5.73 Å². The summed E-state index contributed by atoms with van der Waals surface area (Å²) in [5.41, 5.74) is 9.64. The van der Waals surface area contributed by atoms with Gasteiger partial charge in [0.25, 0.3) is 5.69 Å². The number of benzene rings is 2. The molecule has 1 atom stereocenters. The van der Waals surface area contributed by atoms with Gasteiger partial charge in [0.1, 0.15) is 5.82 Å². The molecule has 0 spiro atoms. The molecule has 0 aromatic heterocycles. The summed E-state index contributed by atoms with van der Waals surface area (Å²) in [6.45, 7) is 5.33. The quantitative estimate of drug-likeness (QED) is 0.691. The minimum Gasteiger partial charge on any atom is -0.320 e. The van der Waals surface area contributed by atoms with Crippen molar-refractivity contribution < 1.29 is 9.31 Å². The average molecular weight is 288 g/mol. The van der Waals surface area contributed by atoms with Gasteiger partial charge in [0.2, 0.25) is 0 Å². The lowest BCUT2D eigenvalue weighted by molar-refractivity contribution is -0.385. The Morgan fingerprint density at radius 3 is 2.38 bits per heavy atom. The Morgan fingerprint density at radius 2 is 1.81 bits per heavy atom. The minimum atomic E-state index is -0.598. The second-order valence-corrected chi connectivity index (χ2v) is 5.22. The molecule has 5 heteroatoms. The summed E-state index contributed by atoms with van der Waals surface area (Å²) in [6.07, 6.45) is 0. The van der Waals surface area contributed by atoms with E-state index in [1.165, 1.54) is 18.2 Å². The van der Waals surface area contributed by atoms with E-state index < -0.39 is 11.0 Å². The highest BCUT2D eigenvalue weighted by Gasteiger charge is 2.18. The van der Waals surface area contributed by atoms with E-state index in [2.05, 4.69) is 0 Å². The number of aryl methyl sites for hydroxylation is 2. The van der Waals surface area contributed by atoms with Gasteiger partial charge in [-0.1, -0.05) is 12.1 Å². The molecular weight excluding hydrogens is 271 g/mol. The maximum absolute atomic E-state index is 13.7. The molecule has 0 aliphatic rings. The molecule has 0 saturated carbocycles. The molecule has 21 heavy (non-hydrogen) atoms. The van der Waals surface area contributed by atoms with Gasteiger partial charge in [-0.2, -0.15) is 0 Å². The van der Waals surface area contributed by atoms with E-state index >= 15 is 0 Å². The zero-order valence-corrected chi connectivity index (χ0v) is 12.2. The zero-order chi connectivity index (χ0) is 15.7. The topological polar surface area (TPSA) is 69.2 Å². The molecule has 0 aliphatic heterocycles. The fraction of sp³-hybridized carbons (Fsp3) is 0.250. The summed E-state index contributed by atoms with van der Waals surface area (Å²) >= 11 is 0. The van der Waals surface area contributed by atoms with E-state index in [9.17, 15) is 14.5 Å². The van der Waals surface area contributed by atoms with Gasteiger partial charge in [-0.3, -0.25) is 10.1 Å². The van der Waals surface area contributed by atoms with Crippen LogP contribution < -0.4 is 5.73 Å². The first-order chi connectivity index (χ1) is 9.81. The van der Waals surface area contributed by atoms with Crippen molar-refractivity contribution in [2.75, 3.05) is 0 Å². The van der Waals surface area contributed by atoms with Gasteiger partial charge in [-0.25, -0.2) is 4.39 Å². The number of nitrogens with zero attached hydrogens (tertiary/aromatic N) is 1. The molecular formula is C16H17FN2O2. The van der Waals surface area contributed by atoms with Crippen LogP contribution in [0.25, 0.3) is 0 Å². The third-order valence-corrected chi connectivity index (χ3v) is 3.79. The summed E-state index contributed by atoms with van der Waals surface area (Å²) in [6, 6.07) is 7.17. The lowest BCUT2D eigenvalue weighted by Crippen LogP contribution is -2.14. The highest BCUT2D eigenvalue weighted by molar-refractivity contribution is 5.48. The number of rotatable bonds is 3. The van der Waals surface area contributed by atoms with E-state index in [0.29, 0.717) is 16.7 Å². The minimum absolute atomic E-state index is 0.00358. The van der Waals surface area contributed by atoms with E-state index in [1.54, 1.807) is 26.0 Å². The number of hydrogen-bond donors (Lipinski definition) is 1. The Kier molecular flexibility index (Phi) is 4.04. The van der Waals surface area contributed by atoms with E-state index in [1.807, 2.05) is 6.92 Å². The Morgan fingerprint density at radius 1 is 1.14 bits per heavy atom. The van der Waals surface area contributed by atoms with E-state index in [-0.39, 0.29) is 11.5 Å². The number of halogens is 1. The van der Waals surface area contributed by atoms with Crippen molar-refractivity contribution in [3.63, 3.8) is 0 Å². The van der Waals surface area contributed by atoms with Crippen molar-refractivity contribution in [2.24, 2.45) is 5.73 Å². The number of nitro benzene ring substituents is 1. The zero-order valence-electron chi connectivity index (χ0n) is 12.2. The first-order valence-corrected chi connectivity index (χ1v) is 6.58. The molecule has 110 valence electrons. The van der Waals surface area contributed by atoms with Gasteiger partial charge in [-0.05, 0) is 54.7 Å². The average Bonchev–Trinajstić information content (AvgIpc) is 2.43. The summed E-state index contributed by atoms with van der Waals surface area (Å²) in [4.78, 5) is 10.5. The fourth-order valence-corrected chi connectivity index (χ4v) is 2.28. The van der Waals surface area contributed by atoms with E-state index in [4.69, 9.17) is 5.73 Å². The smallest absolute Gasteiger partial charge is 0.270 e. The Labute approximate surface area is 122 Å². The van der Waals surface area contributed by atoms with Crippen LogP contribution in [-0.4, -0.2) is 4.92 Å². The van der Waals surface area contributed by atoms with Crippen LogP contribution in [0.2, 0.25) is 0 Å². The normalized spacial score (nSPS) is 12.2. The lowest BCUT2D eigenvalue weighted by atomic mass is 9.92. The summed E-state index contributed by atoms with van der Waals surface area (Å²) < 4.78 is 13.7. The van der Waals surface area contributed by atoms with Crippen molar-refractivity contribution >= 4 is 5.69 Å². The number of hydrogen-bond acceptors (Lipinski definition) is 3. The molecule has 0 saturated heterocycles. The third-order valence-electron chi connectivity index (χ3n) is 3.79. The summed E-state index contributed by atoms with van der Waals surface area (Å²) in [5.74, 6) is -0.331. The molecule has 2 aromatic rings. The second kappa shape index (κ2) is 5.61. The van der Waals surface area contributed by atoms with E-state index in [0.717, 1.165) is 11.1 Å². The van der Waals surface area contributed by atoms with Crippen LogP contribution in [0.4, 0.5) is 10.1 Å². The molecule has 4 nitrogen and oxygen atoms in total. The van der Waals surface area contributed by atoms with Crippen molar-refractivity contribution in [1.82, 2.24) is 0 Å². The molecule has 0 bridgehead atoms. The van der Waals surface area contributed by atoms with Crippen LogP contribution in [0.3, 0.4) is 0 Å². The maximum Gasteiger partial charge on any atom is 0.270 e. The van der Waals surface area contributed by atoms with Crippen molar-refractivity contribution in [2.45, 2.75) is 26.8 Å². The highest BCUT2D eigenvalue weighted by Crippen LogP contribution is 2.29. The first-order valence-electron chi connectivity index (χ1n) is 6.58. The van der Waals surface area contributed by atoms with Crippen molar-refractivity contribution in [1.29, 1.82) is 0 Å². The predicted molar refractivity (Wildman–Crippen MR) is 79.7 cm³/mol. The predicted octanol–water partition coefficient (Wildman–Crippen LogP) is 3.71. The first kappa shape index (κ1) is 15.1. The molecule has 0 heterocycles. The van der Waals surface area contributed by atoms with Gasteiger partial charge in [-0.15, -0.1) is 0 Å². The van der Waals surface area contributed by atoms with Gasteiger partial charge in [0.05, 0.1) is 11.0 Å². The van der Waals surface area contributed by atoms with Crippen LogP contribution in [0, 0.1) is 36.7 Å². The molecule has 2 N–H and O–H groups in total. The van der Waals surface area contributed by atoms with Gasteiger partial charge >= 0.3 is 0 Å². The number of non-ortho nitro benzene ring substituents is 1. The standard InChI is InChI=1S/C16H17FN2O2/c1-9-4-5-12(7-15(9)17)16(18)14-8-13(19(20)21)6-10(2)11(14)3/h4-8,16H,18H2,1-3H3. The Bertz CT molecular complexity index is 714. The molecule has 0 radical (unpaired) electrons. The molecule has 0 amide bonds. The maximum atomic E-state index is 13.7. The van der Waals surface area contributed by atoms with Crippen LogP contribution in [-0.2, 0) is 0 Å². The SMILES string of the molecule is Cc1ccc(C(N)c2cc([N+](=O)[O-])cc(C)c2C)cc1F. The molecule has 2 rings (SSSR count). The summed E-state index contributed by atoms with van der Waals surface area (Å²) in [5, 5.41) is 11.0. The molecule has 0 aliphatic carbocycles. The van der Waals surface area contributed by atoms with Gasteiger partial charge in [0, 0.05) is 12.1 Å². The third kappa shape index (κ3) is 2.92. The lowest BCUT2D eigenvalue weighted by Gasteiger charge is -2.17. The van der Waals surface area contributed by atoms with Crippen molar-refractivity contribution in [3.05, 3.63) is 74.1 Å². The number of nitrogens with two attached hydrogens (primary N) is 1. The van der Waals surface area contributed by atoms with Crippen molar-refractivity contribution in [3.8, 4) is 0 Å². The molecule has 1 unspecified atom stereocenters. The Hall–Kier alpha value is -2.27. The van der Waals surface area contributed by atoms with Crippen LogP contribution >= 0.6 is 0 Å². The number of nitro groups is 1. The Balaban J connectivity index is 2.54. The van der Waals surface area contributed by atoms with Gasteiger partial charge in [0.15, 0.2) is 0 Å². The largest absolute Gasteiger partial charge is 0.320 e. The summed E-state index contributed by atoms with van der Waals surface area (Å²) in [7, 11) is 0. The fourth-order valence-electron chi connectivity index (χ4n) is 2.28. The van der Waals surface area contributed by atoms with Crippen LogP contribution in [0.5, 0.6) is 0 Å². The monoisotopic (exact) mass is 288 g/mol. The second-order valence-electron chi connectivity index (χ2n) is 5.22. The molecule has 0 fully saturated rings. The molecule has 2 aromatic carbocycles. The highest BCUT2D eigenvalue weighted by atomic mass is 19.1. The van der Waals surface area contributed by atoms with Crippen LogP contribution in [0.15, 0.2) is 30.3 Å².